The summed E-state index contributed by atoms with van der Waals surface area (Å²) in [6.45, 7) is 2.44. The second kappa shape index (κ2) is 6.13. The number of benzene rings is 1. The molecule has 0 aromatic heterocycles. The third-order valence-corrected chi connectivity index (χ3v) is 4.42. The van der Waals surface area contributed by atoms with Crippen LogP contribution in [0.4, 0.5) is 4.79 Å². The molecule has 0 saturated carbocycles. The first-order valence-electron chi connectivity index (χ1n) is 6.50. The molecule has 0 aliphatic carbocycles. The number of hydrazone groups is 1. The van der Waals surface area contributed by atoms with Crippen molar-refractivity contribution in [3.63, 3.8) is 0 Å². The van der Waals surface area contributed by atoms with E-state index in [1.807, 2.05) is 6.92 Å². The summed E-state index contributed by atoms with van der Waals surface area (Å²) in [4.78, 5) is 14.4. The zero-order chi connectivity index (χ0) is 15.5. The van der Waals surface area contributed by atoms with Crippen LogP contribution >= 0.6 is 0 Å². The maximum atomic E-state index is 12.1. The van der Waals surface area contributed by atoms with Gasteiger partial charge in [-0.15, -0.1) is 0 Å². The van der Waals surface area contributed by atoms with Crippen molar-refractivity contribution in [2.45, 2.75) is 24.7 Å². The van der Waals surface area contributed by atoms with Gasteiger partial charge in [0, 0.05) is 6.54 Å². The number of nitrogens with one attached hydrogen (secondary N) is 1. The number of hydrogen-bond acceptors (Lipinski definition) is 4. The Bertz CT molecular complexity index is 652. The van der Waals surface area contributed by atoms with Gasteiger partial charge in [0.15, 0.2) is 0 Å². The maximum absolute atomic E-state index is 12.1. The first-order chi connectivity index (χ1) is 9.88. The number of carbonyl (C=O) groups is 1. The molecule has 21 heavy (non-hydrogen) atoms. The first kappa shape index (κ1) is 15.3. The van der Waals surface area contributed by atoms with E-state index in [0.717, 1.165) is 5.56 Å². The fraction of sp³-hybridized carbons (Fsp3) is 0.385. The number of likely N-dealkylation sites (tertiary alicyclic amines) is 1. The molecule has 1 amide bonds. The average Bonchev–Trinajstić information content (AvgIpc) is 2.46. The number of rotatable bonds is 3. The monoisotopic (exact) mass is 311 g/mol. The maximum Gasteiger partial charge on any atom is 0.407 e. The molecule has 0 unspecified atom stereocenters. The minimum absolute atomic E-state index is 0.128. The fourth-order valence-electron chi connectivity index (χ4n) is 2.00. The summed E-state index contributed by atoms with van der Waals surface area (Å²) >= 11 is 0. The molecule has 0 spiro atoms. The van der Waals surface area contributed by atoms with Gasteiger partial charge in [0.05, 0.1) is 17.2 Å². The van der Waals surface area contributed by atoms with Crippen LogP contribution in [0.1, 0.15) is 18.4 Å². The van der Waals surface area contributed by atoms with E-state index in [4.69, 9.17) is 5.11 Å². The summed E-state index contributed by atoms with van der Waals surface area (Å²) in [7, 11) is -3.72. The van der Waals surface area contributed by atoms with Crippen LogP contribution in [0.15, 0.2) is 34.3 Å². The van der Waals surface area contributed by atoms with E-state index in [2.05, 4.69) is 9.93 Å². The van der Waals surface area contributed by atoms with E-state index in [1.165, 1.54) is 17.0 Å². The largest absolute Gasteiger partial charge is 0.465 e. The Hall–Kier alpha value is -2.09. The van der Waals surface area contributed by atoms with E-state index < -0.39 is 16.1 Å². The second-order valence-electron chi connectivity index (χ2n) is 4.89. The highest BCUT2D eigenvalue weighted by molar-refractivity contribution is 7.89. The number of piperidine rings is 1. The van der Waals surface area contributed by atoms with Crippen LogP contribution < -0.4 is 4.83 Å². The summed E-state index contributed by atoms with van der Waals surface area (Å²) in [5, 5.41) is 12.8. The lowest BCUT2D eigenvalue weighted by Crippen LogP contribution is -2.40. The lowest BCUT2D eigenvalue weighted by Gasteiger charge is -2.24. The van der Waals surface area contributed by atoms with Crippen LogP contribution in [0, 0.1) is 6.92 Å². The van der Waals surface area contributed by atoms with Crippen LogP contribution in [0.25, 0.3) is 0 Å². The third-order valence-electron chi connectivity index (χ3n) is 3.19. The van der Waals surface area contributed by atoms with E-state index in [0.29, 0.717) is 25.1 Å². The number of amides is 1. The van der Waals surface area contributed by atoms with Crippen molar-refractivity contribution in [2.24, 2.45) is 5.10 Å². The van der Waals surface area contributed by atoms with Crippen LogP contribution in [0.2, 0.25) is 0 Å². The summed E-state index contributed by atoms with van der Waals surface area (Å²) in [6.07, 6.45) is 0.196. The molecular weight excluding hydrogens is 294 g/mol. The van der Waals surface area contributed by atoms with Gasteiger partial charge in [-0.2, -0.15) is 13.5 Å². The molecule has 2 rings (SSSR count). The zero-order valence-electron chi connectivity index (χ0n) is 11.6. The summed E-state index contributed by atoms with van der Waals surface area (Å²) in [5.41, 5.74) is 1.48. The smallest absolute Gasteiger partial charge is 0.407 e. The Balaban J connectivity index is 2.08. The Morgan fingerprint density at radius 1 is 1.33 bits per heavy atom. The predicted octanol–water partition coefficient (Wildman–Crippen LogP) is 1.40. The number of aryl methyl sites for hydroxylation is 1. The molecule has 0 atom stereocenters. The average molecular weight is 311 g/mol. The van der Waals surface area contributed by atoms with Gasteiger partial charge in [0.1, 0.15) is 0 Å². The van der Waals surface area contributed by atoms with Gasteiger partial charge in [-0.3, -0.25) is 0 Å². The molecule has 1 aromatic carbocycles. The quantitative estimate of drug-likeness (QED) is 0.824. The number of carboxylic acid groups (broad SMARTS) is 1. The van der Waals surface area contributed by atoms with Gasteiger partial charge in [-0.05, 0) is 31.9 Å². The normalized spacial score (nSPS) is 17.8. The topological polar surface area (TPSA) is 99.1 Å². The Labute approximate surface area is 123 Å². The van der Waals surface area contributed by atoms with Crippen LogP contribution in [0.5, 0.6) is 0 Å². The van der Waals surface area contributed by atoms with Crippen molar-refractivity contribution in [3.05, 3.63) is 29.8 Å². The molecule has 1 saturated heterocycles. The van der Waals surface area contributed by atoms with Crippen molar-refractivity contribution in [3.8, 4) is 0 Å². The molecule has 0 radical (unpaired) electrons. The van der Waals surface area contributed by atoms with Crippen molar-refractivity contribution in [1.82, 2.24) is 9.73 Å². The van der Waals surface area contributed by atoms with Crippen molar-refractivity contribution >= 4 is 21.8 Å². The molecule has 114 valence electrons. The van der Waals surface area contributed by atoms with Gasteiger partial charge in [-0.1, -0.05) is 17.7 Å². The summed E-state index contributed by atoms with van der Waals surface area (Å²) in [6, 6.07) is 6.41. The summed E-state index contributed by atoms with van der Waals surface area (Å²) < 4.78 is 24.1. The van der Waals surface area contributed by atoms with Gasteiger partial charge in [0.2, 0.25) is 0 Å². The van der Waals surface area contributed by atoms with E-state index in [1.54, 1.807) is 12.1 Å². The van der Waals surface area contributed by atoms with Crippen LogP contribution in [-0.2, 0) is 10.0 Å². The lowest BCUT2D eigenvalue weighted by atomic mass is 10.1. The van der Waals surface area contributed by atoms with E-state index in [9.17, 15) is 13.2 Å². The Morgan fingerprint density at radius 3 is 2.62 bits per heavy atom. The van der Waals surface area contributed by atoms with Gasteiger partial charge >= 0.3 is 6.09 Å². The first-order valence-corrected chi connectivity index (χ1v) is 7.98. The Kier molecular flexibility index (Phi) is 4.46. The molecule has 7 nitrogen and oxygen atoms in total. The van der Waals surface area contributed by atoms with E-state index in [-0.39, 0.29) is 11.4 Å². The third kappa shape index (κ3) is 3.94. The second-order valence-corrected chi connectivity index (χ2v) is 6.55. The van der Waals surface area contributed by atoms with Crippen molar-refractivity contribution in [1.29, 1.82) is 0 Å². The Morgan fingerprint density at radius 2 is 2.00 bits per heavy atom. The highest BCUT2D eigenvalue weighted by Crippen LogP contribution is 2.11. The predicted molar refractivity (Wildman–Crippen MR) is 77.8 cm³/mol. The van der Waals surface area contributed by atoms with Gasteiger partial charge < -0.3 is 10.0 Å². The highest BCUT2D eigenvalue weighted by Gasteiger charge is 2.20. The molecule has 1 heterocycles. The molecule has 8 heteroatoms. The van der Waals surface area contributed by atoms with Crippen LogP contribution in [0.3, 0.4) is 0 Å². The molecule has 1 aromatic rings. The van der Waals surface area contributed by atoms with E-state index >= 15 is 0 Å². The van der Waals surface area contributed by atoms with Crippen LogP contribution in [-0.4, -0.2) is 43.3 Å². The fourth-order valence-corrected chi connectivity index (χ4v) is 2.85. The van der Waals surface area contributed by atoms with Crippen molar-refractivity contribution in [2.75, 3.05) is 13.1 Å². The number of nitrogens with zero attached hydrogens (tertiary/aromatic N) is 2. The molecule has 1 aliphatic rings. The lowest BCUT2D eigenvalue weighted by molar-refractivity contribution is 0.149. The molecule has 1 aliphatic heterocycles. The highest BCUT2D eigenvalue weighted by atomic mass is 32.2. The van der Waals surface area contributed by atoms with Gasteiger partial charge in [0.25, 0.3) is 10.0 Å². The number of sulfonamides is 1. The minimum Gasteiger partial charge on any atom is -0.465 e. The van der Waals surface area contributed by atoms with Crippen molar-refractivity contribution < 1.29 is 18.3 Å². The van der Waals surface area contributed by atoms with Gasteiger partial charge in [-0.25, -0.2) is 9.63 Å². The SMILES string of the molecule is Cc1ccc(S(=O)(=O)NN=C2CCCN(C(=O)O)C2)cc1. The number of hydrogen-bond donors (Lipinski definition) is 2. The molecule has 0 bridgehead atoms. The standard InChI is InChI=1S/C13H17N3O4S/c1-10-4-6-12(7-5-10)21(19,20)15-14-11-3-2-8-16(9-11)13(17)18/h4-7,15H,2-3,8-9H2,1H3,(H,17,18). The minimum atomic E-state index is -3.72. The molecular formula is C13H17N3O4S. The molecule has 1 fully saturated rings. The zero-order valence-corrected chi connectivity index (χ0v) is 12.4. The molecule has 2 N–H and O–H groups in total. The summed E-state index contributed by atoms with van der Waals surface area (Å²) in [5.74, 6) is 0.